The first-order valence-corrected chi connectivity index (χ1v) is 9.71. The van der Waals surface area contributed by atoms with Crippen molar-refractivity contribution >= 4 is 17.5 Å². The van der Waals surface area contributed by atoms with Gasteiger partial charge in [0.15, 0.2) is 0 Å². The number of hydrogen-bond acceptors (Lipinski definition) is 4. The van der Waals surface area contributed by atoms with Crippen LogP contribution in [0.1, 0.15) is 54.9 Å². The van der Waals surface area contributed by atoms with E-state index >= 15 is 0 Å². The fraction of sp³-hybridized carbons (Fsp3) is 0.409. The Bertz CT molecular complexity index is 811. The summed E-state index contributed by atoms with van der Waals surface area (Å²) in [6.45, 7) is 2.25. The molecule has 0 aliphatic heterocycles. The van der Waals surface area contributed by atoms with Gasteiger partial charge in [-0.05, 0) is 68.4 Å². The van der Waals surface area contributed by atoms with Crippen molar-refractivity contribution in [3.05, 3.63) is 59.9 Å². The minimum Gasteiger partial charge on any atom is -0.390 e. The molecule has 6 heteroatoms. The van der Waals surface area contributed by atoms with E-state index in [1.165, 1.54) is 0 Å². The molecule has 2 aromatic rings. The number of hydrogen-bond donors (Lipinski definition) is 3. The van der Waals surface area contributed by atoms with E-state index in [9.17, 15) is 14.7 Å². The van der Waals surface area contributed by atoms with Crippen molar-refractivity contribution in [3.63, 3.8) is 0 Å². The van der Waals surface area contributed by atoms with Crippen molar-refractivity contribution in [2.45, 2.75) is 51.2 Å². The van der Waals surface area contributed by atoms with Gasteiger partial charge in [-0.3, -0.25) is 14.6 Å². The summed E-state index contributed by atoms with van der Waals surface area (Å²) in [5, 5.41) is 15.8. The molecule has 0 unspecified atom stereocenters. The van der Waals surface area contributed by atoms with E-state index in [0.29, 0.717) is 30.1 Å². The van der Waals surface area contributed by atoms with Crippen molar-refractivity contribution in [2.24, 2.45) is 5.92 Å². The van der Waals surface area contributed by atoms with Crippen LogP contribution in [0.2, 0.25) is 0 Å². The second kappa shape index (κ2) is 8.97. The third-order valence-corrected chi connectivity index (χ3v) is 5.27. The molecule has 0 bridgehead atoms. The van der Waals surface area contributed by atoms with Gasteiger partial charge < -0.3 is 15.7 Å². The number of aliphatic hydroxyl groups is 1. The van der Waals surface area contributed by atoms with Gasteiger partial charge in [-0.15, -0.1) is 0 Å². The van der Waals surface area contributed by atoms with E-state index < -0.39 is 5.60 Å². The molecular formula is C22H27N3O3. The van der Waals surface area contributed by atoms with Crippen LogP contribution in [0, 0.1) is 5.92 Å². The number of aromatic nitrogens is 1. The van der Waals surface area contributed by atoms with Crippen LogP contribution in [0.15, 0.2) is 48.8 Å². The summed E-state index contributed by atoms with van der Waals surface area (Å²) in [5.41, 5.74) is 1.52. The topological polar surface area (TPSA) is 91.3 Å². The van der Waals surface area contributed by atoms with E-state index in [1.54, 1.807) is 36.7 Å². The summed E-state index contributed by atoms with van der Waals surface area (Å²) in [6, 6.07) is 10.7. The lowest BCUT2D eigenvalue weighted by Gasteiger charge is -2.32. The highest BCUT2D eigenvalue weighted by molar-refractivity contribution is 6.04. The molecule has 28 heavy (non-hydrogen) atoms. The Labute approximate surface area is 165 Å². The predicted molar refractivity (Wildman–Crippen MR) is 108 cm³/mol. The number of nitrogens with one attached hydrogen (secondary N) is 2. The Morgan fingerprint density at radius 1 is 1.18 bits per heavy atom. The van der Waals surface area contributed by atoms with Crippen molar-refractivity contribution in [3.8, 4) is 0 Å². The summed E-state index contributed by atoms with van der Waals surface area (Å²) in [5.74, 6) is 0.143. The first-order chi connectivity index (χ1) is 13.4. The predicted octanol–water partition coefficient (Wildman–Crippen LogP) is 3.28. The largest absolute Gasteiger partial charge is 0.390 e. The SMILES string of the molecule is CC1(O)CCC(CC(=O)NCc2cccc(C(=O)Nc3ccncc3)c2)CC1. The molecule has 2 amide bonds. The van der Waals surface area contributed by atoms with Crippen LogP contribution in [-0.2, 0) is 11.3 Å². The number of benzene rings is 1. The molecule has 0 saturated heterocycles. The highest BCUT2D eigenvalue weighted by Gasteiger charge is 2.29. The highest BCUT2D eigenvalue weighted by Crippen LogP contribution is 2.33. The quantitative estimate of drug-likeness (QED) is 0.716. The molecule has 1 saturated carbocycles. The highest BCUT2D eigenvalue weighted by atomic mass is 16.3. The third kappa shape index (κ3) is 5.89. The summed E-state index contributed by atoms with van der Waals surface area (Å²) < 4.78 is 0. The number of anilines is 1. The molecule has 1 fully saturated rings. The first-order valence-electron chi connectivity index (χ1n) is 9.71. The normalized spacial score (nSPS) is 21.7. The number of carbonyl (C=O) groups is 2. The van der Waals surface area contributed by atoms with Gasteiger partial charge in [-0.1, -0.05) is 12.1 Å². The number of rotatable bonds is 6. The molecule has 1 aromatic heterocycles. The average molecular weight is 381 g/mol. The average Bonchev–Trinajstić information content (AvgIpc) is 2.69. The maximum Gasteiger partial charge on any atom is 0.255 e. The number of carbonyl (C=O) groups excluding carboxylic acids is 2. The smallest absolute Gasteiger partial charge is 0.255 e. The summed E-state index contributed by atoms with van der Waals surface area (Å²) in [6.07, 6.45) is 6.98. The molecule has 1 aliphatic carbocycles. The molecule has 1 aromatic carbocycles. The number of nitrogens with zero attached hydrogens (tertiary/aromatic N) is 1. The molecule has 148 valence electrons. The van der Waals surface area contributed by atoms with Gasteiger partial charge in [0.1, 0.15) is 0 Å². The molecule has 3 N–H and O–H groups in total. The Balaban J connectivity index is 1.49. The van der Waals surface area contributed by atoms with Crippen molar-refractivity contribution in [1.29, 1.82) is 0 Å². The van der Waals surface area contributed by atoms with Crippen LogP contribution in [0.25, 0.3) is 0 Å². The van der Waals surface area contributed by atoms with E-state index in [-0.39, 0.29) is 11.8 Å². The second-order valence-electron chi connectivity index (χ2n) is 7.81. The molecule has 6 nitrogen and oxygen atoms in total. The summed E-state index contributed by atoms with van der Waals surface area (Å²) in [4.78, 5) is 28.6. The zero-order chi connectivity index (χ0) is 20.0. The summed E-state index contributed by atoms with van der Waals surface area (Å²) >= 11 is 0. The van der Waals surface area contributed by atoms with Crippen LogP contribution in [0.3, 0.4) is 0 Å². The lowest BCUT2D eigenvalue weighted by molar-refractivity contribution is -0.122. The lowest BCUT2D eigenvalue weighted by atomic mass is 9.78. The molecule has 0 atom stereocenters. The maximum atomic E-state index is 12.4. The number of amides is 2. The van der Waals surface area contributed by atoms with Crippen LogP contribution in [0.4, 0.5) is 5.69 Å². The minimum atomic E-state index is -0.579. The van der Waals surface area contributed by atoms with Gasteiger partial charge >= 0.3 is 0 Å². The molecule has 1 aliphatic rings. The van der Waals surface area contributed by atoms with Gasteiger partial charge in [0.05, 0.1) is 5.60 Å². The van der Waals surface area contributed by atoms with E-state index in [4.69, 9.17) is 0 Å². The zero-order valence-corrected chi connectivity index (χ0v) is 16.1. The third-order valence-electron chi connectivity index (χ3n) is 5.27. The Kier molecular flexibility index (Phi) is 6.41. The Morgan fingerprint density at radius 2 is 1.89 bits per heavy atom. The van der Waals surface area contributed by atoms with Crippen LogP contribution in [0.5, 0.6) is 0 Å². The molecule has 0 radical (unpaired) electrons. The minimum absolute atomic E-state index is 0.0122. The fourth-order valence-corrected chi connectivity index (χ4v) is 3.50. The van der Waals surface area contributed by atoms with Crippen LogP contribution >= 0.6 is 0 Å². The first kappa shape index (κ1) is 20.0. The second-order valence-corrected chi connectivity index (χ2v) is 7.81. The number of pyridine rings is 1. The van der Waals surface area contributed by atoms with Crippen molar-refractivity contribution < 1.29 is 14.7 Å². The Hall–Kier alpha value is -2.73. The van der Waals surface area contributed by atoms with Crippen molar-refractivity contribution in [2.75, 3.05) is 5.32 Å². The van der Waals surface area contributed by atoms with E-state index in [2.05, 4.69) is 15.6 Å². The van der Waals surface area contributed by atoms with Crippen LogP contribution in [-0.4, -0.2) is 27.5 Å². The molecular weight excluding hydrogens is 354 g/mol. The summed E-state index contributed by atoms with van der Waals surface area (Å²) in [7, 11) is 0. The Morgan fingerprint density at radius 3 is 2.61 bits per heavy atom. The molecule has 1 heterocycles. The zero-order valence-electron chi connectivity index (χ0n) is 16.1. The van der Waals surface area contributed by atoms with Crippen LogP contribution < -0.4 is 10.6 Å². The van der Waals surface area contributed by atoms with Gasteiger partial charge in [0, 0.05) is 36.6 Å². The standard InChI is InChI=1S/C22H27N3O3/c1-22(28)9-5-16(6-10-22)14-20(26)24-15-17-3-2-4-18(13-17)21(27)25-19-7-11-23-12-8-19/h2-4,7-8,11-13,16,28H,5-6,9-10,14-15H2,1H3,(H,24,26)(H,23,25,27). The van der Waals surface area contributed by atoms with E-state index in [1.807, 2.05) is 19.1 Å². The lowest BCUT2D eigenvalue weighted by Crippen LogP contribution is -2.33. The van der Waals surface area contributed by atoms with Gasteiger partial charge in [0.25, 0.3) is 5.91 Å². The molecule has 0 spiro atoms. The maximum absolute atomic E-state index is 12.4. The van der Waals surface area contributed by atoms with E-state index in [0.717, 1.165) is 31.2 Å². The van der Waals surface area contributed by atoms with Gasteiger partial charge in [-0.2, -0.15) is 0 Å². The van der Waals surface area contributed by atoms with Gasteiger partial charge in [-0.25, -0.2) is 0 Å². The van der Waals surface area contributed by atoms with Gasteiger partial charge in [0.2, 0.25) is 5.91 Å². The molecule has 3 rings (SSSR count). The fourth-order valence-electron chi connectivity index (χ4n) is 3.50. The van der Waals surface area contributed by atoms with Crippen molar-refractivity contribution in [1.82, 2.24) is 10.3 Å². The monoisotopic (exact) mass is 381 g/mol.